The second kappa shape index (κ2) is 9.19. The summed E-state index contributed by atoms with van der Waals surface area (Å²) in [6, 6.07) is 5.45. The van der Waals surface area contributed by atoms with Crippen molar-refractivity contribution in [2.75, 3.05) is 19.8 Å². The number of pyridine rings is 1. The fraction of sp³-hybridized carbons (Fsp3) is 0.333. The number of hydrogen-bond donors (Lipinski definition) is 0. The molecule has 0 amide bonds. The number of allylic oxidation sites excluding steroid dienone is 1. The number of fused-ring (bicyclic) bond motifs is 1. The number of carbonyl (C=O) groups excluding carboxylic acids is 1. The summed E-state index contributed by atoms with van der Waals surface area (Å²) in [5.41, 5.74) is 0.148. The maximum Gasteiger partial charge on any atom is 0.431 e. The van der Waals surface area contributed by atoms with Gasteiger partial charge in [0, 0.05) is 33.1 Å². The number of halogens is 3. The van der Waals surface area contributed by atoms with Gasteiger partial charge in [-0.3, -0.25) is 9.00 Å². The second-order valence-electron chi connectivity index (χ2n) is 7.32. The van der Waals surface area contributed by atoms with Crippen LogP contribution in [-0.4, -0.2) is 60.6 Å². The Morgan fingerprint density at radius 3 is 2.58 bits per heavy atom. The molecule has 0 saturated heterocycles. The predicted octanol–water partition coefficient (Wildman–Crippen LogP) is 3.21. The van der Waals surface area contributed by atoms with E-state index >= 15 is 0 Å². The van der Waals surface area contributed by atoms with E-state index in [0.29, 0.717) is 22.3 Å². The minimum Gasteiger partial charge on any atom is -0.374 e. The highest BCUT2D eigenvalue weighted by Crippen LogP contribution is 2.33. The Morgan fingerprint density at radius 1 is 1.33 bits per heavy atom. The Hall–Kier alpha value is -3.46. The van der Waals surface area contributed by atoms with Crippen molar-refractivity contribution in [1.82, 2.24) is 24.1 Å². The van der Waals surface area contributed by atoms with Crippen LogP contribution in [0.15, 0.2) is 28.9 Å². The van der Waals surface area contributed by atoms with Gasteiger partial charge in [0.15, 0.2) is 12.1 Å². The van der Waals surface area contributed by atoms with Crippen LogP contribution in [0, 0.1) is 11.3 Å². The Kier molecular flexibility index (Phi) is 6.73. The van der Waals surface area contributed by atoms with E-state index in [2.05, 4.69) is 10.1 Å². The zero-order chi connectivity index (χ0) is 24.5. The van der Waals surface area contributed by atoms with Gasteiger partial charge in [0.05, 0.1) is 39.4 Å². The molecule has 0 spiro atoms. The first kappa shape index (κ1) is 24.2. The molecular weight excluding hydrogens is 457 g/mol. The molecule has 0 bridgehead atoms. The molecule has 12 heteroatoms. The van der Waals surface area contributed by atoms with E-state index in [1.807, 2.05) is 6.07 Å². The molecular formula is C21H21F3N6O2S. The highest BCUT2D eigenvalue weighted by atomic mass is 32.2. The Balaban J connectivity index is 2.31. The lowest BCUT2D eigenvalue weighted by molar-refractivity contribution is -0.106. The van der Waals surface area contributed by atoms with Gasteiger partial charge < -0.3 is 9.47 Å². The quantitative estimate of drug-likeness (QED) is 0.484. The van der Waals surface area contributed by atoms with Crippen molar-refractivity contribution in [3.8, 4) is 17.6 Å². The van der Waals surface area contributed by atoms with Gasteiger partial charge in [0.1, 0.15) is 17.1 Å². The third-order valence-electron chi connectivity index (χ3n) is 4.96. The van der Waals surface area contributed by atoms with Gasteiger partial charge in [-0.25, -0.2) is 9.50 Å². The molecule has 3 aromatic heterocycles. The largest absolute Gasteiger partial charge is 0.431 e. The SMILES string of the molecule is CCS(=O)c1c(-c2nc(/C=C(\N(C)C)C(F)(F)F)c(C=O)n2C)nn2cc(CC#N)ccc12. The summed E-state index contributed by atoms with van der Waals surface area (Å²) in [6.07, 6.45) is -1.67. The molecule has 1 atom stereocenters. The monoisotopic (exact) mass is 478 g/mol. The molecule has 1 unspecified atom stereocenters. The van der Waals surface area contributed by atoms with Crippen molar-refractivity contribution in [3.05, 3.63) is 41.0 Å². The smallest absolute Gasteiger partial charge is 0.374 e. The molecule has 8 nitrogen and oxygen atoms in total. The summed E-state index contributed by atoms with van der Waals surface area (Å²) >= 11 is 0. The van der Waals surface area contributed by atoms with Crippen LogP contribution in [0.4, 0.5) is 13.2 Å². The third-order valence-corrected chi connectivity index (χ3v) is 6.34. The molecule has 0 N–H and O–H groups in total. The van der Waals surface area contributed by atoms with Gasteiger partial charge in [-0.05, 0) is 17.7 Å². The molecule has 3 heterocycles. The molecule has 0 radical (unpaired) electrons. The van der Waals surface area contributed by atoms with Gasteiger partial charge in [0.25, 0.3) is 0 Å². The van der Waals surface area contributed by atoms with E-state index < -0.39 is 22.7 Å². The Bertz CT molecular complexity index is 1310. The Labute approximate surface area is 190 Å². The zero-order valence-corrected chi connectivity index (χ0v) is 19.2. The first-order chi connectivity index (χ1) is 15.5. The van der Waals surface area contributed by atoms with Crippen LogP contribution < -0.4 is 0 Å². The topological polar surface area (TPSA) is 96.3 Å². The highest BCUT2D eigenvalue weighted by molar-refractivity contribution is 7.85. The number of nitrogens with zero attached hydrogens (tertiary/aromatic N) is 6. The standard InChI is InChI=1S/C21H21F3N6O2S/c1-5-33(32)19-15-7-6-13(8-9-25)11-30(15)27-18(19)20-26-14(16(12-31)29(20)4)10-17(28(2)3)21(22,23)24/h6-7,10-12H,5,8H2,1-4H3/b17-10-. The predicted molar refractivity (Wildman–Crippen MR) is 117 cm³/mol. The van der Waals surface area contributed by atoms with Crippen LogP contribution in [-0.2, 0) is 24.3 Å². The van der Waals surface area contributed by atoms with Crippen molar-refractivity contribution >= 4 is 28.7 Å². The summed E-state index contributed by atoms with van der Waals surface area (Å²) in [6.45, 7) is 1.73. The van der Waals surface area contributed by atoms with Gasteiger partial charge in [-0.15, -0.1) is 0 Å². The van der Waals surface area contributed by atoms with Crippen LogP contribution in [0.2, 0.25) is 0 Å². The van der Waals surface area contributed by atoms with Crippen molar-refractivity contribution < 1.29 is 22.2 Å². The number of alkyl halides is 3. The number of aromatic nitrogens is 4. The van der Waals surface area contributed by atoms with Crippen molar-refractivity contribution in [3.63, 3.8) is 0 Å². The summed E-state index contributed by atoms with van der Waals surface area (Å²) in [5.74, 6) is 0.371. The highest BCUT2D eigenvalue weighted by Gasteiger charge is 2.36. The average molecular weight is 479 g/mol. The first-order valence-electron chi connectivity index (χ1n) is 9.78. The number of rotatable bonds is 7. The minimum absolute atomic E-state index is 0.0796. The summed E-state index contributed by atoms with van der Waals surface area (Å²) < 4.78 is 56.1. The fourth-order valence-corrected chi connectivity index (χ4v) is 4.39. The molecule has 33 heavy (non-hydrogen) atoms. The summed E-state index contributed by atoms with van der Waals surface area (Å²) in [4.78, 5) is 17.3. The summed E-state index contributed by atoms with van der Waals surface area (Å²) in [5, 5.41) is 13.4. The van der Waals surface area contributed by atoms with E-state index in [0.717, 1.165) is 11.0 Å². The zero-order valence-electron chi connectivity index (χ0n) is 18.3. The van der Waals surface area contributed by atoms with Crippen LogP contribution in [0.25, 0.3) is 23.1 Å². The molecule has 3 aromatic rings. The van der Waals surface area contributed by atoms with Crippen molar-refractivity contribution in [2.45, 2.75) is 24.4 Å². The van der Waals surface area contributed by atoms with Crippen LogP contribution >= 0.6 is 0 Å². The third kappa shape index (κ3) is 4.54. The second-order valence-corrected chi connectivity index (χ2v) is 9.00. The molecule has 0 fully saturated rings. The minimum atomic E-state index is -4.66. The first-order valence-corrected chi connectivity index (χ1v) is 11.1. The molecule has 3 rings (SSSR count). The number of nitriles is 1. The van der Waals surface area contributed by atoms with Crippen LogP contribution in [0.1, 0.15) is 28.7 Å². The van der Waals surface area contributed by atoms with Gasteiger partial charge >= 0.3 is 6.18 Å². The normalized spacial score (nSPS) is 13.2. The van der Waals surface area contributed by atoms with Crippen molar-refractivity contribution in [2.24, 2.45) is 7.05 Å². The Morgan fingerprint density at radius 2 is 2.03 bits per heavy atom. The number of hydrogen-bond acceptors (Lipinski definition) is 6. The van der Waals surface area contributed by atoms with E-state index in [1.165, 1.54) is 30.2 Å². The van der Waals surface area contributed by atoms with Gasteiger partial charge in [0.2, 0.25) is 0 Å². The maximum absolute atomic E-state index is 13.5. The van der Waals surface area contributed by atoms with Crippen LogP contribution in [0.3, 0.4) is 0 Å². The lowest BCUT2D eigenvalue weighted by Gasteiger charge is -2.19. The number of imidazole rings is 1. The van der Waals surface area contributed by atoms with E-state index in [9.17, 15) is 22.2 Å². The van der Waals surface area contributed by atoms with Gasteiger partial charge in [-0.1, -0.05) is 13.0 Å². The molecule has 0 aliphatic heterocycles. The summed E-state index contributed by atoms with van der Waals surface area (Å²) in [7, 11) is 2.48. The average Bonchev–Trinajstić information content (AvgIpc) is 3.27. The van der Waals surface area contributed by atoms with Crippen LogP contribution in [0.5, 0.6) is 0 Å². The molecule has 0 aliphatic rings. The fourth-order valence-electron chi connectivity index (χ4n) is 3.36. The van der Waals surface area contributed by atoms with E-state index in [1.54, 1.807) is 25.3 Å². The lowest BCUT2D eigenvalue weighted by atomic mass is 10.2. The molecule has 174 valence electrons. The maximum atomic E-state index is 13.5. The van der Waals surface area contributed by atoms with E-state index in [4.69, 9.17) is 5.26 Å². The number of aldehydes is 1. The molecule has 0 saturated carbocycles. The molecule has 0 aliphatic carbocycles. The van der Waals surface area contributed by atoms with Crippen molar-refractivity contribution in [1.29, 1.82) is 5.26 Å². The molecule has 0 aromatic carbocycles. The van der Waals surface area contributed by atoms with E-state index in [-0.39, 0.29) is 35.1 Å². The number of carbonyl (C=O) groups is 1. The lowest BCUT2D eigenvalue weighted by Crippen LogP contribution is -2.25. The van der Waals surface area contributed by atoms with Gasteiger partial charge in [-0.2, -0.15) is 23.5 Å².